The van der Waals surface area contributed by atoms with E-state index in [1.54, 1.807) is 12.3 Å². The van der Waals surface area contributed by atoms with E-state index in [-0.39, 0.29) is 11.7 Å². The molecule has 29 heavy (non-hydrogen) atoms. The van der Waals surface area contributed by atoms with Gasteiger partial charge in [0.2, 0.25) is 5.13 Å². The summed E-state index contributed by atoms with van der Waals surface area (Å²) in [6, 6.07) is 3.64. The number of rotatable bonds is 7. The van der Waals surface area contributed by atoms with Gasteiger partial charge in [-0.05, 0) is 25.0 Å². The van der Waals surface area contributed by atoms with Gasteiger partial charge in [-0.2, -0.15) is 0 Å². The minimum atomic E-state index is -0.158. The predicted molar refractivity (Wildman–Crippen MR) is 115 cm³/mol. The van der Waals surface area contributed by atoms with Gasteiger partial charge in [0.05, 0.1) is 23.5 Å². The van der Waals surface area contributed by atoms with E-state index < -0.39 is 0 Å². The zero-order valence-electron chi connectivity index (χ0n) is 15.2. The Morgan fingerprint density at radius 2 is 2.34 bits per heavy atom. The van der Waals surface area contributed by atoms with Gasteiger partial charge in [-0.1, -0.05) is 23.1 Å². The number of hydrogen-bond donors (Lipinski definition) is 2. The van der Waals surface area contributed by atoms with Crippen LogP contribution in [0.15, 0.2) is 37.3 Å². The van der Waals surface area contributed by atoms with Crippen LogP contribution in [-0.2, 0) is 10.5 Å². The SMILES string of the molecule is O=c1[nH]c(CSc2nnc(NC[C@@H]3CCCO3)s2)nc2scc(-c3ccco3)c12. The summed E-state index contributed by atoms with van der Waals surface area (Å²) in [6.07, 6.45) is 4.05. The summed E-state index contributed by atoms with van der Waals surface area (Å²) < 4.78 is 11.8. The molecule has 1 atom stereocenters. The molecule has 0 aliphatic carbocycles. The lowest BCUT2D eigenvalue weighted by molar-refractivity contribution is 0.120. The molecular weight excluding hydrogens is 430 g/mol. The molecule has 5 rings (SSSR count). The Hall–Kier alpha value is -2.21. The van der Waals surface area contributed by atoms with Crippen LogP contribution in [0.1, 0.15) is 18.7 Å². The molecule has 150 valence electrons. The van der Waals surface area contributed by atoms with Crippen molar-refractivity contribution >= 4 is 49.8 Å². The predicted octanol–water partition coefficient (Wildman–Crippen LogP) is 3.98. The molecule has 11 heteroatoms. The second kappa shape index (κ2) is 8.27. The molecule has 4 aromatic rings. The first-order valence-corrected chi connectivity index (χ1v) is 11.8. The lowest BCUT2D eigenvalue weighted by Gasteiger charge is -2.08. The number of ether oxygens (including phenoxy) is 1. The summed E-state index contributed by atoms with van der Waals surface area (Å²) in [4.78, 5) is 20.8. The average Bonchev–Trinajstić information content (AvgIpc) is 3.52. The van der Waals surface area contributed by atoms with Crippen molar-refractivity contribution in [2.75, 3.05) is 18.5 Å². The highest BCUT2D eigenvalue weighted by Gasteiger charge is 2.17. The van der Waals surface area contributed by atoms with Gasteiger partial charge >= 0.3 is 0 Å². The van der Waals surface area contributed by atoms with Crippen molar-refractivity contribution in [3.63, 3.8) is 0 Å². The lowest BCUT2D eigenvalue weighted by atomic mass is 10.2. The molecule has 1 fully saturated rings. The first kappa shape index (κ1) is 18.8. The maximum absolute atomic E-state index is 12.6. The molecule has 0 unspecified atom stereocenters. The standard InChI is InChI=1S/C18H17N5O3S3/c24-15-14-11(12-4-2-6-26-12)8-27-16(14)21-13(20-15)9-28-18-23-22-17(29-18)19-7-10-3-1-5-25-10/h2,4,6,8,10H,1,3,5,7,9H2,(H,19,22)(H,20,21,24)/t10-/m0/s1. The van der Waals surface area contributed by atoms with Gasteiger partial charge in [0.15, 0.2) is 4.34 Å². The van der Waals surface area contributed by atoms with Gasteiger partial charge in [0.25, 0.3) is 5.56 Å². The van der Waals surface area contributed by atoms with Crippen molar-refractivity contribution in [1.29, 1.82) is 0 Å². The van der Waals surface area contributed by atoms with Crippen LogP contribution in [0.2, 0.25) is 0 Å². The fraction of sp³-hybridized carbons (Fsp3) is 0.333. The summed E-state index contributed by atoms with van der Waals surface area (Å²) in [5, 5.41) is 14.9. The Morgan fingerprint density at radius 1 is 1.38 bits per heavy atom. The van der Waals surface area contributed by atoms with Crippen LogP contribution in [-0.4, -0.2) is 39.4 Å². The van der Waals surface area contributed by atoms with Crippen molar-refractivity contribution in [2.24, 2.45) is 0 Å². The monoisotopic (exact) mass is 447 g/mol. The number of hydrogen-bond acceptors (Lipinski definition) is 10. The van der Waals surface area contributed by atoms with Crippen LogP contribution < -0.4 is 10.9 Å². The number of H-pyrrole nitrogens is 1. The fourth-order valence-electron chi connectivity index (χ4n) is 3.15. The zero-order chi connectivity index (χ0) is 19.6. The third-order valence-corrected chi connectivity index (χ3v) is 7.42. The van der Waals surface area contributed by atoms with E-state index >= 15 is 0 Å². The molecule has 5 heterocycles. The number of aromatic nitrogens is 4. The molecule has 0 spiro atoms. The van der Waals surface area contributed by atoms with Crippen molar-refractivity contribution in [1.82, 2.24) is 20.2 Å². The van der Waals surface area contributed by atoms with Gasteiger partial charge in [0, 0.05) is 24.1 Å². The van der Waals surface area contributed by atoms with E-state index in [4.69, 9.17) is 9.15 Å². The molecule has 0 aromatic carbocycles. The quantitative estimate of drug-likeness (QED) is 0.410. The number of aromatic amines is 1. The Morgan fingerprint density at radius 3 is 3.17 bits per heavy atom. The van der Waals surface area contributed by atoms with E-state index in [1.807, 2.05) is 11.4 Å². The van der Waals surface area contributed by atoms with Crippen LogP contribution in [0.3, 0.4) is 0 Å². The number of nitrogens with one attached hydrogen (secondary N) is 2. The van der Waals surface area contributed by atoms with Crippen molar-refractivity contribution < 1.29 is 9.15 Å². The first-order chi connectivity index (χ1) is 14.3. The zero-order valence-corrected chi connectivity index (χ0v) is 17.7. The summed E-state index contributed by atoms with van der Waals surface area (Å²) in [5.41, 5.74) is 0.614. The topological polar surface area (TPSA) is 106 Å². The van der Waals surface area contributed by atoms with Crippen LogP contribution >= 0.6 is 34.4 Å². The molecule has 1 aliphatic heterocycles. The van der Waals surface area contributed by atoms with E-state index in [9.17, 15) is 4.79 Å². The summed E-state index contributed by atoms with van der Waals surface area (Å²) in [7, 11) is 0. The van der Waals surface area contributed by atoms with Crippen LogP contribution in [0, 0.1) is 0 Å². The molecule has 1 saturated heterocycles. The maximum atomic E-state index is 12.6. The maximum Gasteiger partial charge on any atom is 0.260 e. The molecule has 8 nitrogen and oxygen atoms in total. The van der Waals surface area contributed by atoms with E-state index in [2.05, 4.69) is 25.5 Å². The Bertz CT molecular complexity index is 1160. The molecule has 0 saturated carbocycles. The van der Waals surface area contributed by atoms with E-state index in [0.717, 1.165) is 41.0 Å². The largest absolute Gasteiger partial charge is 0.464 e. The number of thioether (sulfide) groups is 1. The highest BCUT2D eigenvalue weighted by Crippen LogP contribution is 2.32. The van der Waals surface area contributed by atoms with E-state index in [1.165, 1.54) is 34.4 Å². The second-order valence-electron chi connectivity index (χ2n) is 6.50. The van der Waals surface area contributed by atoms with Crippen LogP contribution in [0.5, 0.6) is 0 Å². The Balaban J connectivity index is 1.26. The molecular formula is C18H17N5O3S3. The van der Waals surface area contributed by atoms with Gasteiger partial charge in [-0.15, -0.1) is 21.5 Å². The van der Waals surface area contributed by atoms with Gasteiger partial charge in [-0.25, -0.2) is 4.98 Å². The van der Waals surface area contributed by atoms with E-state index in [0.29, 0.717) is 27.6 Å². The van der Waals surface area contributed by atoms with Gasteiger partial charge in [-0.3, -0.25) is 4.79 Å². The highest BCUT2D eigenvalue weighted by atomic mass is 32.2. The number of thiophene rings is 1. The smallest absolute Gasteiger partial charge is 0.260 e. The van der Waals surface area contributed by atoms with Gasteiger partial charge in [0.1, 0.15) is 16.4 Å². The molecule has 0 bridgehead atoms. The van der Waals surface area contributed by atoms with Crippen molar-refractivity contribution in [2.45, 2.75) is 29.0 Å². The summed E-state index contributed by atoms with van der Waals surface area (Å²) in [6.45, 7) is 1.59. The first-order valence-electron chi connectivity index (χ1n) is 9.12. The third kappa shape index (κ3) is 4.08. The third-order valence-electron chi connectivity index (χ3n) is 4.52. The summed E-state index contributed by atoms with van der Waals surface area (Å²) >= 11 is 4.43. The lowest BCUT2D eigenvalue weighted by Crippen LogP contribution is -2.18. The molecule has 4 aromatic heterocycles. The van der Waals surface area contributed by atoms with Crippen LogP contribution in [0.25, 0.3) is 21.5 Å². The van der Waals surface area contributed by atoms with Crippen LogP contribution in [0.4, 0.5) is 5.13 Å². The van der Waals surface area contributed by atoms with Gasteiger partial charge < -0.3 is 19.5 Å². The second-order valence-corrected chi connectivity index (χ2v) is 9.56. The number of nitrogens with zero attached hydrogens (tertiary/aromatic N) is 3. The Labute approximate surface area is 177 Å². The Kier molecular flexibility index (Phi) is 5.36. The number of furan rings is 1. The van der Waals surface area contributed by atoms with Crippen molar-refractivity contribution in [3.8, 4) is 11.3 Å². The molecule has 2 N–H and O–H groups in total. The summed E-state index contributed by atoms with van der Waals surface area (Å²) in [5.74, 6) is 1.80. The number of anilines is 1. The highest BCUT2D eigenvalue weighted by molar-refractivity contribution is 8.00. The molecule has 1 aliphatic rings. The number of fused-ring (bicyclic) bond motifs is 1. The molecule has 0 amide bonds. The average molecular weight is 448 g/mol. The normalized spacial score (nSPS) is 16.6. The molecule has 0 radical (unpaired) electrons. The minimum Gasteiger partial charge on any atom is -0.464 e. The van der Waals surface area contributed by atoms with Crippen molar-refractivity contribution in [3.05, 3.63) is 40.0 Å². The minimum absolute atomic E-state index is 0.158. The fourth-order valence-corrected chi connectivity index (χ4v) is 5.73.